The first-order valence-electron chi connectivity index (χ1n) is 6.44. The van der Waals surface area contributed by atoms with E-state index in [4.69, 9.17) is 16.0 Å². The third-order valence-corrected chi connectivity index (χ3v) is 3.22. The molecule has 1 amide bonds. The number of furan rings is 1. The number of carbonyl (C=O) groups is 1. The Balaban J connectivity index is 1.88. The second kappa shape index (κ2) is 6.59. The Labute approximate surface area is 123 Å². The number of carbonyl (C=O) groups excluding carboxylic acids is 1. The third-order valence-electron chi connectivity index (χ3n) is 2.98. The smallest absolute Gasteiger partial charge is 0.279 e. The van der Waals surface area contributed by atoms with Crippen LogP contribution in [0, 0.1) is 6.92 Å². The number of nitrogens with one attached hydrogen (secondary N) is 2. The molecule has 4 nitrogen and oxygen atoms in total. The fourth-order valence-corrected chi connectivity index (χ4v) is 2.24. The molecule has 0 radical (unpaired) electrons. The van der Waals surface area contributed by atoms with Crippen LogP contribution in [0.3, 0.4) is 0 Å². The molecule has 1 heterocycles. The van der Waals surface area contributed by atoms with Gasteiger partial charge in [0.2, 0.25) is 0 Å². The van der Waals surface area contributed by atoms with Gasteiger partial charge < -0.3 is 14.6 Å². The Hall–Kier alpha value is -1.78. The molecule has 0 saturated heterocycles. The first-order chi connectivity index (χ1) is 9.54. The minimum absolute atomic E-state index is 0.0283. The molecule has 0 saturated carbocycles. The molecule has 0 spiro atoms. The van der Waals surface area contributed by atoms with E-state index in [2.05, 4.69) is 5.32 Å². The number of benzene rings is 1. The molecule has 20 heavy (non-hydrogen) atoms. The quantitative estimate of drug-likeness (QED) is 0.884. The lowest BCUT2D eigenvalue weighted by Gasteiger charge is -2.13. The first kappa shape index (κ1) is 14.6. The minimum Gasteiger partial charge on any atom is -0.463 e. The summed E-state index contributed by atoms with van der Waals surface area (Å²) in [5.74, 6) is 0.845. The van der Waals surface area contributed by atoms with E-state index >= 15 is 0 Å². The number of likely N-dealkylation sites (N-methyl/N-ethyl adjacent to an activating group) is 1. The Morgan fingerprint density at radius 3 is 2.85 bits per heavy atom. The van der Waals surface area contributed by atoms with Gasteiger partial charge in [0, 0.05) is 10.7 Å². The lowest BCUT2D eigenvalue weighted by molar-refractivity contribution is -0.886. The molecular weight excluding hydrogens is 276 g/mol. The summed E-state index contributed by atoms with van der Waals surface area (Å²) in [6, 6.07) is 9.17. The maximum absolute atomic E-state index is 12.0. The van der Waals surface area contributed by atoms with Crippen molar-refractivity contribution < 1.29 is 14.1 Å². The maximum Gasteiger partial charge on any atom is 0.279 e. The molecule has 0 aliphatic carbocycles. The fraction of sp³-hybridized carbons (Fsp3) is 0.267. The van der Waals surface area contributed by atoms with Gasteiger partial charge in [0.25, 0.3) is 5.91 Å². The van der Waals surface area contributed by atoms with Crippen molar-refractivity contribution in [2.24, 2.45) is 0 Å². The molecule has 5 heteroatoms. The summed E-state index contributed by atoms with van der Waals surface area (Å²) >= 11 is 5.89. The van der Waals surface area contributed by atoms with Gasteiger partial charge in [0.15, 0.2) is 12.3 Å². The standard InChI is InChI=1S/C15H17ClN2O2/c1-11-8-12(16)5-6-14(11)17-15(19)10-18(2)9-13-4-3-7-20-13/h3-8H,9-10H2,1-2H3,(H,17,19)/p+1. The molecule has 106 valence electrons. The van der Waals surface area contributed by atoms with Crippen molar-refractivity contribution in [3.63, 3.8) is 0 Å². The molecular formula is C15H18ClN2O2+. The highest BCUT2D eigenvalue weighted by Gasteiger charge is 2.12. The lowest BCUT2D eigenvalue weighted by Crippen LogP contribution is -3.08. The molecule has 2 rings (SSSR count). The van der Waals surface area contributed by atoms with Crippen molar-refractivity contribution in [2.45, 2.75) is 13.5 Å². The summed E-state index contributed by atoms with van der Waals surface area (Å²) in [6.45, 7) is 2.98. The van der Waals surface area contributed by atoms with Gasteiger partial charge in [-0.1, -0.05) is 11.6 Å². The highest BCUT2D eigenvalue weighted by Crippen LogP contribution is 2.19. The van der Waals surface area contributed by atoms with Crippen molar-refractivity contribution in [3.05, 3.63) is 52.9 Å². The highest BCUT2D eigenvalue weighted by atomic mass is 35.5. The summed E-state index contributed by atoms with van der Waals surface area (Å²) in [4.78, 5) is 13.1. The minimum atomic E-state index is -0.0283. The number of amides is 1. The summed E-state index contributed by atoms with van der Waals surface area (Å²) < 4.78 is 5.27. The Bertz CT molecular complexity index is 582. The van der Waals surface area contributed by atoms with Gasteiger partial charge in [0.1, 0.15) is 6.54 Å². The van der Waals surface area contributed by atoms with Gasteiger partial charge in [-0.05, 0) is 42.8 Å². The fourth-order valence-electron chi connectivity index (χ4n) is 2.01. The predicted molar refractivity (Wildman–Crippen MR) is 79.0 cm³/mol. The number of halogens is 1. The summed E-state index contributed by atoms with van der Waals surface area (Å²) in [5.41, 5.74) is 1.75. The van der Waals surface area contributed by atoms with Crippen LogP contribution in [-0.4, -0.2) is 19.5 Å². The monoisotopic (exact) mass is 293 g/mol. The average molecular weight is 294 g/mol. The predicted octanol–water partition coefficient (Wildman–Crippen LogP) is 1.89. The van der Waals surface area contributed by atoms with E-state index in [1.807, 2.05) is 38.2 Å². The van der Waals surface area contributed by atoms with Gasteiger partial charge in [-0.3, -0.25) is 4.79 Å². The van der Waals surface area contributed by atoms with E-state index in [9.17, 15) is 4.79 Å². The van der Waals surface area contributed by atoms with E-state index < -0.39 is 0 Å². The van der Waals surface area contributed by atoms with Crippen molar-refractivity contribution in [2.75, 3.05) is 18.9 Å². The van der Waals surface area contributed by atoms with Gasteiger partial charge in [-0.15, -0.1) is 0 Å². The largest absolute Gasteiger partial charge is 0.463 e. The van der Waals surface area contributed by atoms with Crippen LogP contribution in [0.15, 0.2) is 41.0 Å². The number of rotatable bonds is 5. The zero-order valence-electron chi connectivity index (χ0n) is 11.6. The number of hydrogen-bond acceptors (Lipinski definition) is 2. The molecule has 0 fully saturated rings. The van der Waals surface area contributed by atoms with Crippen molar-refractivity contribution in [1.29, 1.82) is 0 Å². The second-order valence-corrected chi connectivity index (χ2v) is 5.33. The Morgan fingerprint density at radius 2 is 2.20 bits per heavy atom. The van der Waals surface area contributed by atoms with Crippen LogP contribution in [0.5, 0.6) is 0 Å². The zero-order valence-corrected chi connectivity index (χ0v) is 12.3. The highest BCUT2D eigenvalue weighted by molar-refractivity contribution is 6.30. The summed E-state index contributed by atoms with van der Waals surface area (Å²) in [7, 11) is 1.96. The number of anilines is 1. The summed E-state index contributed by atoms with van der Waals surface area (Å²) in [5, 5.41) is 3.57. The van der Waals surface area contributed by atoms with Gasteiger partial charge in [-0.2, -0.15) is 0 Å². The maximum atomic E-state index is 12.0. The van der Waals surface area contributed by atoms with E-state index in [-0.39, 0.29) is 5.91 Å². The molecule has 1 aromatic carbocycles. The van der Waals surface area contributed by atoms with Crippen molar-refractivity contribution in [1.82, 2.24) is 0 Å². The normalized spacial score (nSPS) is 12.2. The van der Waals surface area contributed by atoms with Crippen LogP contribution in [0.2, 0.25) is 5.02 Å². The lowest BCUT2D eigenvalue weighted by atomic mass is 10.2. The number of quaternary nitrogens is 1. The Morgan fingerprint density at radius 1 is 1.40 bits per heavy atom. The first-order valence-corrected chi connectivity index (χ1v) is 6.82. The van der Waals surface area contributed by atoms with E-state index in [1.165, 1.54) is 0 Å². The molecule has 0 aliphatic heterocycles. The summed E-state index contributed by atoms with van der Waals surface area (Å²) in [6.07, 6.45) is 1.64. The van der Waals surface area contributed by atoms with Gasteiger partial charge >= 0.3 is 0 Å². The van der Waals surface area contributed by atoms with E-state index in [0.29, 0.717) is 18.1 Å². The second-order valence-electron chi connectivity index (χ2n) is 4.90. The van der Waals surface area contributed by atoms with Crippen molar-refractivity contribution in [3.8, 4) is 0 Å². The van der Waals surface area contributed by atoms with Crippen LogP contribution in [0.4, 0.5) is 5.69 Å². The van der Waals surface area contributed by atoms with Crippen LogP contribution in [0.25, 0.3) is 0 Å². The SMILES string of the molecule is Cc1cc(Cl)ccc1NC(=O)C[NH+](C)Cc1ccco1. The molecule has 1 atom stereocenters. The van der Waals surface area contributed by atoms with Crippen LogP contribution >= 0.6 is 11.6 Å². The number of hydrogen-bond donors (Lipinski definition) is 2. The molecule has 2 N–H and O–H groups in total. The van der Waals surface area contributed by atoms with Crippen molar-refractivity contribution >= 4 is 23.2 Å². The van der Waals surface area contributed by atoms with Gasteiger partial charge in [-0.25, -0.2) is 0 Å². The zero-order chi connectivity index (χ0) is 14.5. The molecule has 0 aliphatic rings. The van der Waals surface area contributed by atoms with Gasteiger partial charge in [0.05, 0.1) is 13.3 Å². The van der Waals surface area contributed by atoms with Crippen LogP contribution in [0.1, 0.15) is 11.3 Å². The van der Waals surface area contributed by atoms with E-state index in [1.54, 1.807) is 12.3 Å². The topological polar surface area (TPSA) is 46.7 Å². The molecule has 2 aromatic rings. The van der Waals surface area contributed by atoms with Crippen LogP contribution in [-0.2, 0) is 11.3 Å². The average Bonchev–Trinajstić information content (AvgIpc) is 2.85. The molecule has 1 aromatic heterocycles. The molecule has 0 bridgehead atoms. The molecule has 1 unspecified atom stereocenters. The number of aryl methyl sites for hydroxylation is 1. The Kier molecular flexibility index (Phi) is 4.82. The third kappa shape index (κ3) is 4.11. The van der Waals surface area contributed by atoms with E-state index in [0.717, 1.165) is 21.9 Å². The van der Waals surface area contributed by atoms with Crippen LogP contribution < -0.4 is 10.2 Å².